The van der Waals surface area contributed by atoms with Gasteiger partial charge in [0, 0.05) is 0 Å². The van der Waals surface area contributed by atoms with Gasteiger partial charge in [-0.25, -0.2) is 0 Å². The summed E-state index contributed by atoms with van der Waals surface area (Å²) in [5.74, 6) is 0. The standard InChI is InChI=1S/C7H10F3IN/c1-5(7(8,9)10)3-6(12)4-11-2/h12H,1,3-4H2,2H3/q-1. The van der Waals surface area contributed by atoms with Gasteiger partial charge in [-0.05, 0) is 0 Å². The fourth-order valence-electron chi connectivity index (χ4n) is 0.566. The molecule has 0 rings (SSSR count). The molecular weight excluding hydrogens is 282 g/mol. The second kappa shape index (κ2) is 4.84. The molecule has 0 bridgehead atoms. The molecule has 0 spiro atoms. The van der Waals surface area contributed by atoms with Crippen molar-refractivity contribution < 1.29 is 34.4 Å². The quantitative estimate of drug-likeness (QED) is 0.305. The Balaban J connectivity index is 3.94. The molecule has 5 heteroatoms. The Morgan fingerprint density at radius 3 is 2.33 bits per heavy atom. The number of hydrogen-bond donors (Lipinski definition) is 1. The number of hydrogen-bond acceptors (Lipinski definition) is 1. The van der Waals surface area contributed by atoms with Crippen LogP contribution in [0.25, 0.3) is 0 Å². The van der Waals surface area contributed by atoms with Crippen LogP contribution in [0.15, 0.2) is 12.2 Å². The molecule has 0 radical (unpaired) electrons. The average Bonchev–Trinajstić information content (AvgIpc) is 1.85. The van der Waals surface area contributed by atoms with E-state index in [0.717, 1.165) is 0 Å². The average molecular weight is 292 g/mol. The molecule has 0 aliphatic heterocycles. The summed E-state index contributed by atoms with van der Waals surface area (Å²) in [5.41, 5.74) is -0.669. The van der Waals surface area contributed by atoms with Gasteiger partial charge in [-0.3, -0.25) is 0 Å². The number of rotatable bonds is 4. The van der Waals surface area contributed by atoms with Gasteiger partial charge in [0.2, 0.25) is 0 Å². The zero-order valence-corrected chi connectivity index (χ0v) is 8.79. The van der Waals surface area contributed by atoms with Crippen molar-refractivity contribution in [3.63, 3.8) is 0 Å². The van der Waals surface area contributed by atoms with Gasteiger partial charge in [0.25, 0.3) is 0 Å². The van der Waals surface area contributed by atoms with E-state index in [2.05, 4.69) is 6.58 Å². The molecule has 0 amide bonds. The molecule has 0 unspecified atom stereocenters. The Morgan fingerprint density at radius 1 is 1.50 bits per heavy atom. The first-order chi connectivity index (χ1) is 5.38. The van der Waals surface area contributed by atoms with Crippen LogP contribution in [0, 0.1) is 5.41 Å². The zero-order chi connectivity index (χ0) is 9.78. The Hall–Kier alpha value is -0.0700. The van der Waals surface area contributed by atoms with Gasteiger partial charge in [0.05, 0.1) is 0 Å². The summed E-state index contributed by atoms with van der Waals surface area (Å²) >= 11 is -0.134. The van der Waals surface area contributed by atoms with E-state index in [1.54, 1.807) is 0 Å². The van der Waals surface area contributed by atoms with Crippen molar-refractivity contribution in [2.45, 2.75) is 12.6 Å². The van der Waals surface area contributed by atoms with E-state index in [9.17, 15) is 13.2 Å². The fourth-order valence-corrected chi connectivity index (χ4v) is 1.76. The third-order valence-corrected chi connectivity index (χ3v) is 2.81. The third kappa shape index (κ3) is 4.74. The predicted molar refractivity (Wildman–Crippen MR) is 38.3 cm³/mol. The van der Waals surface area contributed by atoms with Crippen LogP contribution in [-0.4, -0.2) is 21.2 Å². The summed E-state index contributed by atoms with van der Waals surface area (Å²) in [6.07, 6.45) is -4.66. The molecule has 1 N–H and O–H groups in total. The van der Waals surface area contributed by atoms with Crippen LogP contribution in [0.3, 0.4) is 0 Å². The predicted octanol–water partition coefficient (Wildman–Crippen LogP) is -0.766. The molecule has 0 atom stereocenters. The molecule has 0 aliphatic rings. The molecule has 0 aromatic heterocycles. The van der Waals surface area contributed by atoms with Crippen molar-refractivity contribution in [2.24, 2.45) is 0 Å². The Labute approximate surface area is 79.8 Å². The molecule has 72 valence electrons. The fraction of sp³-hybridized carbons (Fsp3) is 0.571. The first-order valence-electron chi connectivity index (χ1n) is 3.13. The van der Waals surface area contributed by atoms with Crippen LogP contribution < -0.4 is 21.2 Å². The van der Waals surface area contributed by atoms with Crippen molar-refractivity contribution in [3.05, 3.63) is 12.2 Å². The summed E-state index contributed by atoms with van der Waals surface area (Å²) in [5, 5.41) is 7.17. The topological polar surface area (TPSA) is 23.9 Å². The van der Waals surface area contributed by atoms with Gasteiger partial charge in [0.1, 0.15) is 0 Å². The zero-order valence-electron chi connectivity index (χ0n) is 6.63. The summed E-state index contributed by atoms with van der Waals surface area (Å²) in [4.78, 5) is 1.93. The van der Waals surface area contributed by atoms with E-state index in [4.69, 9.17) is 5.41 Å². The molecule has 0 fully saturated rings. The van der Waals surface area contributed by atoms with E-state index in [1.165, 1.54) is 0 Å². The van der Waals surface area contributed by atoms with Crippen LogP contribution in [0.2, 0.25) is 0 Å². The Kier molecular flexibility index (Phi) is 4.81. The van der Waals surface area contributed by atoms with Crippen molar-refractivity contribution in [3.8, 4) is 0 Å². The van der Waals surface area contributed by atoms with Crippen molar-refractivity contribution in [2.75, 3.05) is 9.36 Å². The third-order valence-electron chi connectivity index (χ3n) is 1.12. The number of halogens is 4. The molecule has 0 aromatic carbocycles. The van der Waals surface area contributed by atoms with E-state index >= 15 is 0 Å². The monoisotopic (exact) mass is 292 g/mol. The van der Waals surface area contributed by atoms with E-state index in [0.29, 0.717) is 4.43 Å². The summed E-state index contributed by atoms with van der Waals surface area (Å²) in [6.45, 7) is 2.89. The summed E-state index contributed by atoms with van der Waals surface area (Å²) in [6, 6.07) is 0. The van der Waals surface area contributed by atoms with E-state index in [1.807, 2.05) is 4.93 Å². The maximum absolute atomic E-state index is 11.9. The van der Waals surface area contributed by atoms with Crippen molar-refractivity contribution in [1.82, 2.24) is 0 Å². The molecule has 0 heterocycles. The van der Waals surface area contributed by atoms with Gasteiger partial charge >= 0.3 is 79.6 Å². The molecule has 12 heavy (non-hydrogen) atoms. The van der Waals surface area contributed by atoms with Crippen LogP contribution in [0.1, 0.15) is 6.42 Å². The van der Waals surface area contributed by atoms with Gasteiger partial charge in [-0.2, -0.15) is 0 Å². The Morgan fingerprint density at radius 2 is 2.00 bits per heavy atom. The van der Waals surface area contributed by atoms with Gasteiger partial charge < -0.3 is 0 Å². The second-order valence-corrected chi connectivity index (χ2v) is 4.57. The molecular formula is C7H10F3IN-. The molecule has 0 saturated carbocycles. The molecule has 0 aromatic rings. The van der Waals surface area contributed by atoms with Crippen LogP contribution in [0.5, 0.6) is 0 Å². The maximum atomic E-state index is 11.9. The Bertz CT molecular complexity index is 186. The minimum atomic E-state index is -4.33. The van der Waals surface area contributed by atoms with Crippen LogP contribution >= 0.6 is 0 Å². The first-order valence-corrected chi connectivity index (χ1v) is 6.81. The van der Waals surface area contributed by atoms with Crippen molar-refractivity contribution >= 4 is 5.71 Å². The van der Waals surface area contributed by atoms with E-state index < -0.39 is 11.7 Å². The molecule has 1 nitrogen and oxygen atoms in total. The van der Waals surface area contributed by atoms with Crippen LogP contribution in [0.4, 0.5) is 13.2 Å². The van der Waals surface area contributed by atoms with Crippen molar-refractivity contribution in [1.29, 1.82) is 5.41 Å². The number of nitrogens with one attached hydrogen (secondary N) is 1. The molecule has 0 saturated heterocycles. The molecule has 0 aliphatic carbocycles. The van der Waals surface area contributed by atoms with E-state index in [-0.39, 0.29) is 33.3 Å². The summed E-state index contributed by atoms with van der Waals surface area (Å²) < 4.78 is 36.1. The number of allylic oxidation sites excluding steroid dienone is 1. The van der Waals surface area contributed by atoms with Crippen LogP contribution in [-0.2, 0) is 0 Å². The normalized spacial score (nSPS) is 11.7. The minimum absolute atomic E-state index is 0.134. The SMILES string of the molecule is C=C(CC(=N)C[I-]C)C(F)(F)F. The van der Waals surface area contributed by atoms with Gasteiger partial charge in [0.15, 0.2) is 0 Å². The number of alkyl halides is 5. The van der Waals surface area contributed by atoms with Gasteiger partial charge in [-0.1, -0.05) is 0 Å². The second-order valence-electron chi connectivity index (χ2n) is 2.28. The summed E-state index contributed by atoms with van der Waals surface area (Å²) in [7, 11) is 0. The van der Waals surface area contributed by atoms with Gasteiger partial charge in [-0.15, -0.1) is 0 Å². The first kappa shape index (κ1) is 11.9.